The largest absolute Gasteiger partial charge is 0.469 e. The topological polar surface area (TPSA) is 47.3 Å². The molecule has 20 heavy (non-hydrogen) atoms. The van der Waals surface area contributed by atoms with Crippen molar-refractivity contribution in [3.05, 3.63) is 47.5 Å². The van der Waals surface area contributed by atoms with E-state index in [-0.39, 0.29) is 0 Å². The summed E-state index contributed by atoms with van der Waals surface area (Å²) in [7, 11) is 0. The summed E-state index contributed by atoms with van der Waals surface area (Å²) in [4.78, 5) is 4.55. The summed E-state index contributed by atoms with van der Waals surface area (Å²) in [5, 5.41) is 3.33. The van der Waals surface area contributed by atoms with Gasteiger partial charge < -0.3 is 14.5 Å². The molecule has 2 aromatic rings. The predicted molar refractivity (Wildman–Crippen MR) is 78.7 cm³/mol. The summed E-state index contributed by atoms with van der Waals surface area (Å²) >= 11 is 0. The van der Waals surface area contributed by atoms with E-state index in [0.29, 0.717) is 18.4 Å². The molecule has 1 N–H and O–H groups in total. The van der Waals surface area contributed by atoms with E-state index in [9.17, 15) is 0 Å². The minimum Gasteiger partial charge on any atom is -0.469 e. The van der Waals surface area contributed by atoms with Crippen molar-refractivity contribution in [2.75, 3.05) is 6.54 Å². The second-order valence-electron chi connectivity index (χ2n) is 5.04. The minimum atomic E-state index is 0.377. The first-order valence-corrected chi connectivity index (χ1v) is 7.05. The van der Waals surface area contributed by atoms with Crippen LogP contribution in [0.25, 0.3) is 0 Å². The first-order chi connectivity index (χ1) is 9.69. The first kappa shape index (κ1) is 14.6. The van der Waals surface area contributed by atoms with E-state index in [1.54, 1.807) is 6.26 Å². The molecule has 0 spiro atoms. The molecule has 0 fully saturated rings. The average molecular weight is 274 g/mol. The monoisotopic (exact) mass is 274 g/mol. The third-order valence-electron chi connectivity index (χ3n) is 2.99. The quantitative estimate of drug-likeness (QED) is 0.839. The lowest BCUT2D eigenvalue weighted by Crippen LogP contribution is -2.12. The molecule has 4 nitrogen and oxygen atoms in total. The molecule has 0 aliphatic rings. The predicted octanol–water partition coefficient (Wildman–Crippen LogP) is 3.49. The second kappa shape index (κ2) is 7.10. The molecule has 0 aliphatic carbocycles. The molecular weight excluding hydrogens is 252 g/mol. The van der Waals surface area contributed by atoms with E-state index in [2.05, 4.69) is 37.1 Å². The molecule has 0 saturated carbocycles. The van der Waals surface area contributed by atoms with E-state index in [1.165, 1.54) is 5.56 Å². The van der Waals surface area contributed by atoms with Crippen molar-refractivity contribution in [2.45, 2.75) is 39.8 Å². The van der Waals surface area contributed by atoms with Crippen LogP contribution in [0.1, 0.15) is 43.7 Å². The van der Waals surface area contributed by atoms with E-state index >= 15 is 0 Å². The van der Waals surface area contributed by atoms with Crippen molar-refractivity contribution in [1.82, 2.24) is 10.3 Å². The van der Waals surface area contributed by atoms with Crippen molar-refractivity contribution >= 4 is 0 Å². The summed E-state index contributed by atoms with van der Waals surface area (Å²) in [6.07, 6.45) is 1.65. The van der Waals surface area contributed by atoms with Gasteiger partial charge in [0.15, 0.2) is 0 Å². The molecule has 0 unspecified atom stereocenters. The summed E-state index contributed by atoms with van der Waals surface area (Å²) in [6.45, 7) is 8.55. The molecule has 2 heterocycles. The Kier molecular flexibility index (Phi) is 5.18. The van der Waals surface area contributed by atoms with Crippen LogP contribution >= 0.6 is 0 Å². The molecule has 4 heteroatoms. The van der Waals surface area contributed by atoms with Gasteiger partial charge >= 0.3 is 0 Å². The Hall–Kier alpha value is -1.81. The summed E-state index contributed by atoms with van der Waals surface area (Å²) in [6, 6.07) is 7.86. The fraction of sp³-hybridized carbons (Fsp3) is 0.438. The molecule has 0 atom stereocenters. The highest BCUT2D eigenvalue weighted by atomic mass is 16.5. The maximum atomic E-state index is 5.73. The van der Waals surface area contributed by atoms with E-state index in [4.69, 9.17) is 9.15 Å². The van der Waals surface area contributed by atoms with Gasteiger partial charge in [0.25, 0.3) is 0 Å². The number of pyridine rings is 1. The zero-order chi connectivity index (χ0) is 14.4. The maximum Gasteiger partial charge on any atom is 0.214 e. The van der Waals surface area contributed by atoms with Gasteiger partial charge in [0.05, 0.1) is 6.26 Å². The van der Waals surface area contributed by atoms with E-state index in [0.717, 1.165) is 24.5 Å². The zero-order valence-electron chi connectivity index (χ0n) is 12.3. The van der Waals surface area contributed by atoms with Crippen LogP contribution in [0.15, 0.2) is 34.9 Å². The molecular formula is C16H22N2O2. The molecule has 2 aromatic heterocycles. The number of hydrogen-bond donors (Lipinski definition) is 1. The van der Waals surface area contributed by atoms with Crippen LogP contribution in [0.2, 0.25) is 0 Å². The normalized spacial score (nSPS) is 11.0. The average Bonchev–Trinajstić information content (AvgIpc) is 2.96. The van der Waals surface area contributed by atoms with E-state index in [1.807, 2.05) is 18.2 Å². The Morgan fingerprint density at radius 3 is 2.85 bits per heavy atom. The van der Waals surface area contributed by atoms with Crippen LogP contribution in [0.4, 0.5) is 0 Å². The van der Waals surface area contributed by atoms with Crippen LogP contribution in [0.3, 0.4) is 0 Å². The van der Waals surface area contributed by atoms with Gasteiger partial charge in [-0.3, -0.25) is 0 Å². The standard InChI is InChI=1S/C16H22N2O2/c1-4-17-10-13-8-15(12(2)3)18-16(9-13)20-11-14-6-5-7-19-14/h5-9,12,17H,4,10-11H2,1-3H3. The molecule has 0 bridgehead atoms. The van der Waals surface area contributed by atoms with Crippen LogP contribution in [-0.4, -0.2) is 11.5 Å². The van der Waals surface area contributed by atoms with Crippen LogP contribution in [-0.2, 0) is 13.2 Å². The lowest BCUT2D eigenvalue weighted by Gasteiger charge is -2.12. The summed E-state index contributed by atoms with van der Waals surface area (Å²) in [5.41, 5.74) is 2.25. The molecule has 0 radical (unpaired) electrons. The molecule has 0 aliphatic heterocycles. The van der Waals surface area contributed by atoms with Gasteiger partial charge in [-0.2, -0.15) is 0 Å². The fourth-order valence-corrected chi connectivity index (χ4v) is 1.86. The first-order valence-electron chi connectivity index (χ1n) is 7.05. The Morgan fingerprint density at radius 1 is 1.35 bits per heavy atom. The van der Waals surface area contributed by atoms with Crippen LogP contribution < -0.4 is 10.1 Å². The maximum absolute atomic E-state index is 5.73. The van der Waals surface area contributed by atoms with Crippen molar-refractivity contribution < 1.29 is 9.15 Å². The number of rotatable bonds is 7. The number of aromatic nitrogens is 1. The number of hydrogen-bond acceptors (Lipinski definition) is 4. The number of nitrogens with one attached hydrogen (secondary N) is 1. The lowest BCUT2D eigenvalue weighted by atomic mass is 10.1. The highest BCUT2D eigenvalue weighted by Gasteiger charge is 2.08. The van der Waals surface area contributed by atoms with Gasteiger partial charge in [0.2, 0.25) is 5.88 Å². The van der Waals surface area contributed by atoms with Gasteiger partial charge in [-0.1, -0.05) is 20.8 Å². The Morgan fingerprint density at radius 2 is 2.20 bits per heavy atom. The highest BCUT2D eigenvalue weighted by molar-refractivity contribution is 5.26. The Bertz CT molecular complexity index is 521. The van der Waals surface area contributed by atoms with Crippen molar-refractivity contribution in [3.63, 3.8) is 0 Å². The van der Waals surface area contributed by atoms with Gasteiger partial charge in [0, 0.05) is 18.3 Å². The SMILES string of the molecule is CCNCc1cc(OCc2ccco2)nc(C(C)C)c1. The van der Waals surface area contributed by atoms with Gasteiger partial charge in [-0.25, -0.2) is 4.98 Å². The molecule has 0 amide bonds. The molecule has 2 rings (SSSR count). The lowest BCUT2D eigenvalue weighted by molar-refractivity contribution is 0.259. The van der Waals surface area contributed by atoms with Crippen LogP contribution in [0.5, 0.6) is 5.88 Å². The fourth-order valence-electron chi connectivity index (χ4n) is 1.86. The summed E-state index contributed by atoms with van der Waals surface area (Å²) < 4.78 is 11.0. The number of ether oxygens (including phenoxy) is 1. The second-order valence-corrected chi connectivity index (χ2v) is 5.04. The zero-order valence-corrected chi connectivity index (χ0v) is 12.3. The van der Waals surface area contributed by atoms with Gasteiger partial charge in [-0.15, -0.1) is 0 Å². The van der Waals surface area contributed by atoms with Crippen molar-refractivity contribution in [2.24, 2.45) is 0 Å². The van der Waals surface area contributed by atoms with E-state index < -0.39 is 0 Å². The Labute approximate surface area is 120 Å². The Balaban J connectivity index is 2.11. The molecule has 0 saturated heterocycles. The third kappa shape index (κ3) is 4.10. The number of furan rings is 1. The summed E-state index contributed by atoms with van der Waals surface area (Å²) in [5.74, 6) is 1.83. The van der Waals surface area contributed by atoms with Gasteiger partial charge in [0.1, 0.15) is 12.4 Å². The van der Waals surface area contributed by atoms with Crippen LogP contribution in [0, 0.1) is 0 Å². The smallest absolute Gasteiger partial charge is 0.214 e. The van der Waals surface area contributed by atoms with Crippen molar-refractivity contribution in [3.8, 4) is 5.88 Å². The molecule has 108 valence electrons. The third-order valence-corrected chi connectivity index (χ3v) is 2.99. The number of nitrogens with zero attached hydrogens (tertiary/aromatic N) is 1. The van der Waals surface area contributed by atoms with Gasteiger partial charge in [-0.05, 0) is 36.2 Å². The molecule has 0 aromatic carbocycles. The minimum absolute atomic E-state index is 0.377. The highest BCUT2D eigenvalue weighted by Crippen LogP contribution is 2.20. The van der Waals surface area contributed by atoms with Crippen molar-refractivity contribution in [1.29, 1.82) is 0 Å².